The lowest BCUT2D eigenvalue weighted by molar-refractivity contribution is -0.128. The van der Waals surface area contributed by atoms with Gasteiger partial charge in [0.15, 0.2) is 5.65 Å². The number of para-hydroxylation sites is 2. The van der Waals surface area contributed by atoms with E-state index in [-0.39, 0.29) is 17.4 Å². The van der Waals surface area contributed by atoms with E-state index in [0.717, 1.165) is 5.69 Å². The fourth-order valence-corrected chi connectivity index (χ4v) is 3.44. The van der Waals surface area contributed by atoms with Crippen molar-refractivity contribution in [1.29, 1.82) is 0 Å². The summed E-state index contributed by atoms with van der Waals surface area (Å²) >= 11 is 0. The van der Waals surface area contributed by atoms with Crippen LogP contribution in [0, 0.1) is 0 Å². The molecule has 156 valence electrons. The number of hydrogen-bond acceptors (Lipinski definition) is 7. The van der Waals surface area contributed by atoms with Crippen LogP contribution in [0.3, 0.4) is 0 Å². The molecule has 1 aliphatic rings. The van der Waals surface area contributed by atoms with Gasteiger partial charge in [-0.05, 0) is 18.6 Å². The van der Waals surface area contributed by atoms with E-state index >= 15 is 0 Å². The molecule has 1 atom stereocenters. The largest absolute Gasteiger partial charge is 0.495 e. The fraction of sp³-hybridized carbons (Fsp3) is 0.300. The summed E-state index contributed by atoms with van der Waals surface area (Å²) in [7, 11) is 5.08. The molecule has 1 fully saturated rings. The smallest absolute Gasteiger partial charge is 0.257 e. The van der Waals surface area contributed by atoms with Gasteiger partial charge in [0.05, 0.1) is 19.0 Å². The van der Waals surface area contributed by atoms with E-state index in [1.807, 2.05) is 24.3 Å². The highest BCUT2D eigenvalue weighted by Crippen LogP contribution is 2.28. The maximum atomic E-state index is 12.9. The molecule has 4 rings (SSSR count). The summed E-state index contributed by atoms with van der Waals surface area (Å²) in [5.41, 5.74) is 1.40. The third kappa shape index (κ3) is 3.47. The number of hydrogen-bond donors (Lipinski definition) is 3. The number of aromatic nitrogens is 3. The number of carbonyl (C=O) groups excluding carboxylic acids is 2. The van der Waals surface area contributed by atoms with Crippen molar-refractivity contribution in [3.63, 3.8) is 0 Å². The van der Waals surface area contributed by atoms with Crippen LogP contribution in [0.4, 0.5) is 17.3 Å². The Kier molecular flexibility index (Phi) is 5.13. The van der Waals surface area contributed by atoms with E-state index in [2.05, 4.69) is 26.0 Å². The molecule has 1 saturated heterocycles. The molecule has 0 bridgehead atoms. The van der Waals surface area contributed by atoms with Crippen LogP contribution in [-0.2, 0) is 4.79 Å². The molecular weight excluding hydrogens is 386 g/mol. The van der Waals surface area contributed by atoms with Crippen molar-refractivity contribution < 1.29 is 14.3 Å². The Hall–Kier alpha value is -3.82. The summed E-state index contributed by atoms with van der Waals surface area (Å²) in [5, 5.41) is 13.4. The van der Waals surface area contributed by atoms with E-state index in [9.17, 15) is 9.59 Å². The van der Waals surface area contributed by atoms with Gasteiger partial charge in [-0.1, -0.05) is 12.1 Å². The molecule has 2 amide bonds. The van der Waals surface area contributed by atoms with Crippen LogP contribution in [0.1, 0.15) is 16.8 Å². The van der Waals surface area contributed by atoms with Gasteiger partial charge >= 0.3 is 0 Å². The maximum Gasteiger partial charge on any atom is 0.257 e. The Morgan fingerprint density at radius 2 is 2.10 bits per heavy atom. The Bertz CT molecular complexity index is 1110. The summed E-state index contributed by atoms with van der Waals surface area (Å²) in [4.78, 5) is 31.2. The second-order valence-corrected chi connectivity index (χ2v) is 6.97. The van der Waals surface area contributed by atoms with Gasteiger partial charge in [0.25, 0.3) is 5.91 Å². The minimum atomic E-state index is -0.531. The average molecular weight is 409 g/mol. The van der Waals surface area contributed by atoms with Gasteiger partial charge in [-0.15, -0.1) is 0 Å². The minimum Gasteiger partial charge on any atom is -0.495 e. The third-order valence-electron chi connectivity index (χ3n) is 5.08. The molecule has 2 aromatic heterocycles. The number of ether oxygens (including phenoxy) is 1. The molecule has 0 saturated carbocycles. The summed E-state index contributed by atoms with van der Waals surface area (Å²) in [6, 6.07) is 8.72. The number of benzene rings is 1. The highest BCUT2D eigenvalue weighted by atomic mass is 16.5. The van der Waals surface area contributed by atoms with Crippen molar-refractivity contribution >= 4 is 34.8 Å². The molecule has 3 heterocycles. The number of methoxy groups -OCH3 is 1. The first kappa shape index (κ1) is 19.5. The predicted octanol–water partition coefficient (Wildman–Crippen LogP) is 1.48. The number of fused-ring (bicyclic) bond motifs is 1. The molecule has 1 aromatic carbocycles. The van der Waals surface area contributed by atoms with Crippen LogP contribution < -0.4 is 20.7 Å². The van der Waals surface area contributed by atoms with Crippen LogP contribution >= 0.6 is 0 Å². The first-order valence-corrected chi connectivity index (χ1v) is 9.54. The lowest BCUT2D eigenvalue weighted by atomic mass is 10.2. The molecule has 3 N–H and O–H groups in total. The zero-order valence-electron chi connectivity index (χ0n) is 17.0. The number of carbonyl (C=O) groups is 2. The highest BCUT2D eigenvalue weighted by molar-refractivity contribution is 6.02. The SMILES string of the molecule is CNc1cc(Nc2ccccc2OC)nc2c(C(=O)NC3CCN(C)C3=O)cnn12. The summed E-state index contributed by atoms with van der Waals surface area (Å²) in [5.74, 6) is 1.35. The van der Waals surface area contributed by atoms with Gasteiger partial charge in [0, 0.05) is 26.7 Å². The molecule has 1 aliphatic heterocycles. The number of nitrogens with one attached hydrogen (secondary N) is 3. The molecule has 10 nitrogen and oxygen atoms in total. The summed E-state index contributed by atoms with van der Waals surface area (Å²) in [6.45, 7) is 0.619. The van der Waals surface area contributed by atoms with E-state index in [0.29, 0.717) is 36.0 Å². The van der Waals surface area contributed by atoms with Crippen molar-refractivity contribution in [3.05, 3.63) is 42.1 Å². The summed E-state index contributed by atoms with van der Waals surface area (Å²) < 4.78 is 6.92. The lowest BCUT2D eigenvalue weighted by Gasteiger charge is -2.13. The molecular formula is C20H23N7O3. The molecule has 0 radical (unpaired) electrons. The van der Waals surface area contributed by atoms with Crippen molar-refractivity contribution in [2.45, 2.75) is 12.5 Å². The average Bonchev–Trinajstić information content (AvgIpc) is 3.32. The quantitative estimate of drug-likeness (QED) is 0.565. The van der Waals surface area contributed by atoms with Crippen LogP contribution in [0.15, 0.2) is 36.5 Å². The number of likely N-dealkylation sites (tertiary alicyclic amines) is 1. The van der Waals surface area contributed by atoms with Gasteiger partial charge in [-0.3, -0.25) is 9.59 Å². The van der Waals surface area contributed by atoms with Crippen molar-refractivity contribution in [1.82, 2.24) is 24.8 Å². The van der Waals surface area contributed by atoms with E-state index < -0.39 is 6.04 Å². The second kappa shape index (κ2) is 7.90. The van der Waals surface area contributed by atoms with Gasteiger partial charge in [-0.2, -0.15) is 9.61 Å². The lowest BCUT2D eigenvalue weighted by Crippen LogP contribution is -2.40. The van der Waals surface area contributed by atoms with Gasteiger partial charge < -0.3 is 25.6 Å². The number of anilines is 3. The summed E-state index contributed by atoms with van der Waals surface area (Å²) in [6.07, 6.45) is 2.03. The predicted molar refractivity (Wildman–Crippen MR) is 112 cm³/mol. The second-order valence-electron chi connectivity index (χ2n) is 6.97. The Morgan fingerprint density at radius 3 is 2.80 bits per heavy atom. The minimum absolute atomic E-state index is 0.0952. The van der Waals surface area contributed by atoms with Gasteiger partial charge in [0.1, 0.15) is 29.0 Å². The van der Waals surface area contributed by atoms with E-state index in [1.54, 1.807) is 36.7 Å². The first-order valence-electron chi connectivity index (χ1n) is 9.54. The topological polar surface area (TPSA) is 113 Å². The van der Waals surface area contributed by atoms with Crippen molar-refractivity contribution in [3.8, 4) is 5.75 Å². The molecule has 0 spiro atoms. The fourth-order valence-electron chi connectivity index (χ4n) is 3.44. The Labute approximate surface area is 173 Å². The zero-order valence-corrected chi connectivity index (χ0v) is 17.0. The van der Waals surface area contributed by atoms with E-state index in [4.69, 9.17) is 4.74 Å². The third-order valence-corrected chi connectivity index (χ3v) is 5.08. The van der Waals surface area contributed by atoms with Crippen molar-refractivity contribution in [2.24, 2.45) is 0 Å². The monoisotopic (exact) mass is 409 g/mol. The Balaban J connectivity index is 1.67. The van der Waals surface area contributed by atoms with Crippen molar-refractivity contribution in [2.75, 3.05) is 38.4 Å². The Morgan fingerprint density at radius 1 is 1.30 bits per heavy atom. The number of rotatable bonds is 6. The van der Waals surface area contributed by atoms with Crippen LogP contribution in [-0.4, -0.2) is 65.1 Å². The molecule has 0 aliphatic carbocycles. The number of likely N-dealkylation sites (N-methyl/N-ethyl adjacent to an activating group) is 1. The molecule has 30 heavy (non-hydrogen) atoms. The zero-order chi connectivity index (χ0) is 21.3. The maximum absolute atomic E-state index is 12.9. The first-order chi connectivity index (χ1) is 14.5. The van der Waals surface area contributed by atoms with Gasteiger partial charge in [-0.25, -0.2) is 4.98 Å². The molecule has 3 aromatic rings. The van der Waals surface area contributed by atoms with Crippen LogP contribution in [0.25, 0.3) is 5.65 Å². The molecule has 10 heteroatoms. The van der Waals surface area contributed by atoms with E-state index in [1.165, 1.54) is 6.20 Å². The highest BCUT2D eigenvalue weighted by Gasteiger charge is 2.31. The normalized spacial score (nSPS) is 16.0. The standard InChI is InChI=1S/C20H23N7O3/c1-21-17-10-16(23-13-6-4-5-7-15(13)30-3)25-18-12(11-22-27(17)18)19(28)24-14-8-9-26(2)20(14)29/h4-7,10-11,14,21H,8-9H2,1-3H3,(H,23,25)(H,24,28). The molecule has 1 unspecified atom stereocenters. The van der Waals surface area contributed by atoms with Gasteiger partial charge in [0.2, 0.25) is 5.91 Å². The van der Waals surface area contributed by atoms with Crippen LogP contribution in [0.5, 0.6) is 5.75 Å². The number of amides is 2. The van der Waals surface area contributed by atoms with Crippen LogP contribution in [0.2, 0.25) is 0 Å². The number of nitrogens with zero attached hydrogens (tertiary/aromatic N) is 4.